The smallest absolute Gasteiger partial charge is 0.408 e. The number of amides is 1. The summed E-state index contributed by atoms with van der Waals surface area (Å²) in [6, 6.07) is 7.63. The van der Waals surface area contributed by atoms with Gasteiger partial charge < -0.3 is 19.9 Å². The Morgan fingerprint density at radius 1 is 1.24 bits per heavy atom. The van der Waals surface area contributed by atoms with Crippen molar-refractivity contribution in [2.24, 2.45) is 0 Å². The van der Waals surface area contributed by atoms with E-state index >= 15 is 0 Å². The Morgan fingerprint density at radius 2 is 1.84 bits per heavy atom. The maximum Gasteiger partial charge on any atom is 0.408 e. The summed E-state index contributed by atoms with van der Waals surface area (Å²) in [5.41, 5.74) is -1.64. The molecule has 0 aliphatic carbocycles. The number of hydrogen-bond donors (Lipinski definition) is 2. The number of aliphatic hydroxyl groups is 1. The number of esters is 1. The zero-order valence-corrected chi connectivity index (χ0v) is 15.2. The first-order valence-electron chi connectivity index (χ1n) is 8.10. The van der Waals surface area contributed by atoms with Crippen LogP contribution in [0, 0.1) is 0 Å². The van der Waals surface area contributed by atoms with Gasteiger partial charge in [-0.25, -0.2) is 9.59 Å². The van der Waals surface area contributed by atoms with E-state index in [0.717, 1.165) is 0 Å². The van der Waals surface area contributed by atoms with Crippen molar-refractivity contribution in [3.63, 3.8) is 0 Å². The van der Waals surface area contributed by atoms with Gasteiger partial charge in [-0.15, -0.1) is 6.58 Å². The van der Waals surface area contributed by atoms with Crippen molar-refractivity contribution in [3.05, 3.63) is 48.6 Å². The van der Waals surface area contributed by atoms with Crippen LogP contribution in [0.1, 0.15) is 44.5 Å². The van der Waals surface area contributed by atoms with Gasteiger partial charge in [0, 0.05) is 0 Å². The predicted octanol–water partition coefficient (Wildman–Crippen LogP) is 3.06. The van der Waals surface area contributed by atoms with E-state index < -0.39 is 29.3 Å². The molecule has 138 valence electrons. The van der Waals surface area contributed by atoms with Crippen molar-refractivity contribution in [2.45, 2.75) is 51.4 Å². The van der Waals surface area contributed by atoms with Gasteiger partial charge >= 0.3 is 12.1 Å². The minimum atomic E-state index is -1.35. The molecule has 6 heteroatoms. The van der Waals surface area contributed by atoms with Crippen molar-refractivity contribution in [1.82, 2.24) is 5.32 Å². The van der Waals surface area contributed by atoms with E-state index in [1.54, 1.807) is 51.1 Å². The number of nitrogens with one attached hydrogen (secondary N) is 1. The lowest BCUT2D eigenvalue weighted by atomic mass is 9.93. The normalized spacial score (nSPS) is 14.8. The molecule has 0 fully saturated rings. The highest BCUT2D eigenvalue weighted by atomic mass is 16.6. The van der Waals surface area contributed by atoms with Crippen LogP contribution in [0.4, 0.5) is 4.79 Å². The zero-order chi connectivity index (χ0) is 19.1. The first kappa shape index (κ1) is 20.7. The molecule has 2 N–H and O–H groups in total. The lowest BCUT2D eigenvalue weighted by molar-refractivity contribution is -0.0176. The second kappa shape index (κ2) is 8.67. The summed E-state index contributed by atoms with van der Waals surface area (Å²) in [4.78, 5) is 24.1. The highest BCUT2D eigenvalue weighted by Crippen LogP contribution is 2.18. The molecule has 0 saturated carbocycles. The number of carbonyl (C=O) groups excluding carboxylic acids is 2. The minimum absolute atomic E-state index is 0.201. The maximum atomic E-state index is 12.1. The van der Waals surface area contributed by atoms with Crippen molar-refractivity contribution in [1.29, 1.82) is 0 Å². The largest absolute Gasteiger partial charge is 0.460 e. The van der Waals surface area contributed by atoms with Crippen molar-refractivity contribution in [2.75, 3.05) is 6.61 Å². The third-order valence-corrected chi connectivity index (χ3v) is 3.39. The highest BCUT2D eigenvalue weighted by molar-refractivity contribution is 5.89. The lowest BCUT2D eigenvalue weighted by Gasteiger charge is -2.33. The number of ether oxygens (including phenoxy) is 2. The summed E-state index contributed by atoms with van der Waals surface area (Å²) in [5, 5.41) is 13.1. The molecule has 6 nitrogen and oxygen atoms in total. The second-order valence-corrected chi connectivity index (χ2v) is 7.01. The Kier molecular flexibility index (Phi) is 7.18. The molecule has 0 bridgehead atoms. The van der Waals surface area contributed by atoms with Crippen LogP contribution in [0.15, 0.2) is 43.0 Å². The van der Waals surface area contributed by atoms with Crippen LogP contribution in [0.5, 0.6) is 0 Å². The molecule has 0 spiro atoms. The van der Waals surface area contributed by atoms with Crippen molar-refractivity contribution < 1.29 is 24.2 Å². The molecule has 0 saturated heterocycles. The molecule has 1 rings (SSSR count). The summed E-state index contributed by atoms with van der Waals surface area (Å²) in [6.45, 7) is 10.1. The average molecular weight is 349 g/mol. The fraction of sp³-hybridized carbons (Fsp3) is 0.474. The van der Waals surface area contributed by atoms with Gasteiger partial charge in [0.15, 0.2) is 0 Å². The van der Waals surface area contributed by atoms with Crippen LogP contribution in [-0.4, -0.2) is 41.0 Å². The van der Waals surface area contributed by atoms with Crippen molar-refractivity contribution in [3.8, 4) is 0 Å². The van der Waals surface area contributed by atoms with E-state index in [9.17, 15) is 14.7 Å². The number of rotatable bonds is 7. The van der Waals surface area contributed by atoms with Gasteiger partial charge in [-0.2, -0.15) is 0 Å². The molecule has 1 aromatic rings. The molecule has 1 aromatic carbocycles. The number of benzene rings is 1. The molecule has 0 aliphatic rings. The van der Waals surface area contributed by atoms with Crippen LogP contribution in [-0.2, 0) is 9.47 Å². The Bertz CT molecular complexity index is 590. The predicted molar refractivity (Wildman–Crippen MR) is 95.3 cm³/mol. The van der Waals surface area contributed by atoms with Gasteiger partial charge in [-0.05, 0) is 46.2 Å². The molecule has 0 aromatic heterocycles. The van der Waals surface area contributed by atoms with E-state index in [2.05, 4.69) is 11.9 Å². The Hall–Kier alpha value is -2.34. The number of alkyl carbamates (subject to hydrolysis) is 1. The standard InChI is InChI=1S/C19H27NO5/c1-6-12-19(5,23)15(20-17(22)25-18(2,3)4)13-24-16(21)14-10-8-7-9-11-14/h6-11,15,23H,1,12-13H2,2-5H3,(H,20,22)/t15-,19-/m1/s1. The van der Waals surface area contributed by atoms with E-state index in [1.165, 1.54) is 13.0 Å². The van der Waals surface area contributed by atoms with Gasteiger partial charge in [0.2, 0.25) is 0 Å². The fourth-order valence-corrected chi connectivity index (χ4v) is 2.08. The Balaban J connectivity index is 2.79. The molecule has 25 heavy (non-hydrogen) atoms. The molecule has 0 radical (unpaired) electrons. The minimum Gasteiger partial charge on any atom is -0.460 e. The molecule has 0 heterocycles. The van der Waals surface area contributed by atoms with Crippen LogP contribution in [0.2, 0.25) is 0 Å². The van der Waals surface area contributed by atoms with Gasteiger partial charge in [0.25, 0.3) is 0 Å². The molecule has 1 amide bonds. The molecule has 2 atom stereocenters. The fourth-order valence-electron chi connectivity index (χ4n) is 2.08. The third-order valence-electron chi connectivity index (χ3n) is 3.39. The summed E-state index contributed by atoms with van der Waals surface area (Å²) in [5.74, 6) is -0.536. The van der Waals surface area contributed by atoms with Gasteiger partial charge in [0.05, 0.1) is 17.2 Å². The van der Waals surface area contributed by atoms with E-state index in [1.807, 2.05) is 0 Å². The second-order valence-electron chi connectivity index (χ2n) is 7.01. The maximum absolute atomic E-state index is 12.1. The molecule has 0 unspecified atom stereocenters. The van der Waals surface area contributed by atoms with E-state index in [-0.39, 0.29) is 13.0 Å². The number of hydrogen-bond acceptors (Lipinski definition) is 5. The summed E-state index contributed by atoms with van der Waals surface area (Å²) in [6.07, 6.45) is 1.04. The van der Waals surface area contributed by atoms with Gasteiger partial charge in [0.1, 0.15) is 12.2 Å². The first-order chi connectivity index (χ1) is 11.5. The van der Waals surface area contributed by atoms with Crippen LogP contribution < -0.4 is 5.32 Å². The van der Waals surface area contributed by atoms with Gasteiger partial charge in [-0.3, -0.25) is 0 Å². The lowest BCUT2D eigenvalue weighted by Crippen LogP contribution is -2.54. The number of carbonyl (C=O) groups is 2. The topological polar surface area (TPSA) is 84.9 Å². The SMILES string of the molecule is C=CC[C@@](C)(O)[C@@H](COC(=O)c1ccccc1)NC(=O)OC(C)(C)C. The Labute approximate surface area is 148 Å². The van der Waals surface area contributed by atoms with E-state index in [4.69, 9.17) is 9.47 Å². The Morgan fingerprint density at radius 3 is 2.36 bits per heavy atom. The van der Waals surface area contributed by atoms with Gasteiger partial charge in [-0.1, -0.05) is 24.3 Å². The highest BCUT2D eigenvalue weighted by Gasteiger charge is 2.34. The molecular weight excluding hydrogens is 322 g/mol. The first-order valence-corrected chi connectivity index (χ1v) is 8.10. The average Bonchev–Trinajstić information content (AvgIpc) is 2.50. The summed E-state index contributed by atoms with van der Waals surface area (Å²) in [7, 11) is 0. The molecular formula is C19H27NO5. The van der Waals surface area contributed by atoms with E-state index in [0.29, 0.717) is 5.56 Å². The van der Waals surface area contributed by atoms with Crippen molar-refractivity contribution >= 4 is 12.1 Å². The summed E-state index contributed by atoms with van der Waals surface area (Å²) < 4.78 is 10.5. The summed E-state index contributed by atoms with van der Waals surface area (Å²) >= 11 is 0. The monoisotopic (exact) mass is 349 g/mol. The van der Waals surface area contributed by atoms with Crippen LogP contribution >= 0.6 is 0 Å². The van der Waals surface area contributed by atoms with Crippen LogP contribution in [0.25, 0.3) is 0 Å². The quantitative estimate of drug-likeness (QED) is 0.584. The molecule has 0 aliphatic heterocycles. The third kappa shape index (κ3) is 7.39. The zero-order valence-electron chi connectivity index (χ0n) is 15.2. The van der Waals surface area contributed by atoms with Crippen LogP contribution in [0.3, 0.4) is 0 Å².